The van der Waals surface area contributed by atoms with E-state index in [0.29, 0.717) is 37.4 Å². The number of H-pyrrole nitrogens is 1. The third kappa shape index (κ3) is 8.89. The van der Waals surface area contributed by atoms with Crippen LogP contribution in [-0.2, 0) is 26.7 Å². The number of hydrogen-bond acceptors (Lipinski definition) is 8. The summed E-state index contributed by atoms with van der Waals surface area (Å²) in [6.45, 7) is 3.00. The van der Waals surface area contributed by atoms with Gasteiger partial charge in [-0.15, -0.1) is 0 Å². The maximum absolute atomic E-state index is 14.2. The molecule has 7 N–H and O–H groups in total. The van der Waals surface area contributed by atoms with Gasteiger partial charge in [0.15, 0.2) is 5.82 Å². The second-order valence-corrected chi connectivity index (χ2v) is 15.0. The lowest BCUT2D eigenvalue weighted by atomic mass is 9.81. The fraction of sp³-hybridized carbons (Fsp3) is 0.415. The number of aryl methyl sites for hydroxylation is 1. The molecule has 0 bridgehead atoms. The number of carbonyl (C=O) groups excluding carboxylic acids is 3. The van der Waals surface area contributed by atoms with Crippen LogP contribution < -0.4 is 16.4 Å². The maximum atomic E-state index is 14.2. The first-order chi connectivity index (χ1) is 27.6. The molecular weight excluding hydrogens is 762 g/mol. The Hall–Kier alpha value is -5.68. The molecule has 0 spiro atoms. The number of nitrogens with zero attached hydrogens (tertiary/aromatic N) is 3. The van der Waals surface area contributed by atoms with E-state index in [1.807, 2.05) is 43.3 Å². The Balaban J connectivity index is 1.16. The third-order valence-corrected chi connectivity index (χ3v) is 11.1. The van der Waals surface area contributed by atoms with Crippen molar-refractivity contribution < 1.29 is 47.0 Å². The highest BCUT2D eigenvalue weighted by molar-refractivity contribution is 5.98. The van der Waals surface area contributed by atoms with Gasteiger partial charge in [-0.1, -0.05) is 30.3 Å². The fourth-order valence-electron chi connectivity index (χ4n) is 7.54. The van der Waals surface area contributed by atoms with Gasteiger partial charge in [0.05, 0.1) is 12.6 Å². The van der Waals surface area contributed by atoms with Crippen molar-refractivity contribution >= 4 is 29.4 Å². The van der Waals surface area contributed by atoms with Gasteiger partial charge >= 0.3 is 17.8 Å². The topological polar surface area (TPSA) is 204 Å². The summed E-state index contributed by atoms with van der Waals surface area (Å²) in [5, 5.41) is 29.2. The molecule has 6 rings (SSSR count). The van der Waals surface area contributed by atoms with Gasteiger partial charge in [-0.25, -0.2) is 9.78 Å². The Labute approximate surface area is 331 Å². The van der Waals surface area contributed by atoms with E-state index in [9.17, 15) is 41.8 Å². The average Bonchev–Trinajstić information content (AvgIpc) is 3.92. The van der Waals surface area contributed by atoms with Crippen molar-refractivity contribution in [3.63, 3.8) is 0 Å². The number of aromatic nitrogens is 3. The van der Waals surface area contributed by atoms with Crippen molar-refractivity contribution in [2.75, 3.05) is 25.0 Å². The predicted molar refractivity (Wildman–Crippen MR) is 205 cm³/mol. The normalized spacial score (nSPS) is 19.1. The molecule has 3 amide bonds. The largest absolute Gasteiger partial charge is 0.477 e. The molecule has 13 nitrogen and oxygen atoms in total. The van der Waals surface area contributed by atoms with Gasteiger partial charge in [-0.3, -0.25) is 19.5 Å². The molecule has 17 heteroatoms. The summed E-state index contributed by atoms with van der Waals surface area (Å²) in [6.07, 6.45) is 4.66. The summed E-state index contributed by atoms with van der Waals surface area (Å²) in [5.41, 5.74) is 10.2. The van der Waals surface area contributed by atoms with Crippen molar-refractivity contribution in [3.8, 4) is 22.5 Å². The summed E-state index contributed by atoms with van der Waals surface area (Å²) in [4.78, 5) is 56.3. The van der Waals surface area contributed by atoms with Gasteiger partial charge in [0, 0.05) is 35.7 Å². The molecule has 308 valence electrons. The van der Waals surface area contributed by atoms with Crippen molar-refractivity contribution in [1.29, 1.82) is 0 Å². The van der Waals surface area contributed by atoms with Gasteiger partial charge in [-0.05, 0) is 117 Å². The molecule has 1 aromatic heterocycles. The van der Waals surface area contributed by atoms with Crippen LogP contribution in [0.4, 0.5) is 23.2 Å². The molecule has 2 aliphatic rings. The van der Waals surface area contributed by atoms with Crippen LogP contribution in [0.15, 0.2) is 66.7 Å². The highest BCUT2D eigenvalue weighted by atomic mass is 19.3. The summed E-state index contributed by atoms with van der Waals surface area (Å²) < 4.78 is 55.8. The molecule has 2 atom stereocenters. The van der Waals surface area contributed by atoms with E-state index < -0.39 is 35.6 Å². The van der Waals surface area contributed by atoms with Gasteiger partial charge in [-0.2, -0.15) is 22.7 Å². The number of aromatic amines is 1. The highest BCUT2D eigenvalue weighted by Crippen LogP contribution is 2.42. The monoisotopic (exact) mass is 807 g/mol. The molecule has 2 fully saturated rings. The van der Waals surface area contributed by atoms with E-state index in [4.69, 9.17) is 10.8 Å². The minimum absolute atomic E-state index is 0.0715. The highest BCUT2D eigenvalue weighted by Gasteiger charge is 2.66. The number of nitrogens with two attached hydrogens (primary N) is 1. The Morgan fingerprint density at radius 1 is 0.948 bits per heavy atom. The number of amides is 3. The van der Waals surface area contributed by atoms with Crippen LogP contribution in [0, 0.1) is 18.8 Å². The molecule has 3 aromatic carbocycles. The minimum Gasteiger partial charge on any atom is -0.477 e. The molecule has 1 saturated carbocycles. The molecule has 1 saturated heterocycles. The molecule has 2 heterocycles. The van der Waals surface area contributed by atoms with Crippen molar-refractivity contribution in [3.05, 3.63) is 89.2 Å². The summed E-state index contributed by atoms with van der Waals surface area (Å²) in [7, 11) is 0. The number of benzene rings is 3. The van der Waals surface area contributed by atoms with Crippen LogP contribution in [-0.4, -0.2) is 91.7 Å². The van der Waals surface area contributed by atoms with Crippen LogP contribution in [0.2, 0.25) is 0 Å². The molecule has 0 radical (unpaired) electrons. The number of carboxylic acid groups (broad SMARTS) is 1. The van der Waals surface area contributed by atoms with E-state index in [0.717, 1.165) is 47.9 Å². The number of halogens is 4. The zero-order valence-corrected chi connectivity index (χ0v) is 31.7. The summed E-state index contributed by atoms with van der Waals surface area (Å²) in [6, 6.07) is 17.4. The number of anilines is 1. The number of hydrogen-bond donors (Lipinski definition) is 6. The molecule has 4 aromatic rings. The summed E-state index contributed by atoms with van der Waals surface area (Å²) >= 11 is 0. The number of carboxylic acids is 1. The first-order valence-corrected chi connectivity index (χ1v) is 19.1. The SMILES string of the molecule is Cc1cc(C(=O)N2CCC[C@H]2CO)ccc1-c1ccc(CC(NC(=O)[C@H]2CC[C@H](CN)CC2)C(=O)Nc2ccc(-c3nc(C(F)(F)C(F)(F)C(=O)O)n[nH]3)cc2)cc1. The van der Waals surface area contributed by atoms with Crippen LogP contribution in [0.3, 0.4) is 0 Å². The Bertz CT molecular complexity index is 2120. The maximum Gasteiger partial charge on any atom is 0.411 e. The lowest BCUT2D eigenvalue weighted by Gasteiger charge is -2.28. The van der Waals surface area contributed by atoms with Gasteiger partial charge < -0.3 is 31.5 Å². The third-order valence-electron chi connectivity index (χ3n) is 11.1. The number of rotatable bonds is 14. The van der Waals surface area contributed by atoms with Crippen LogP contribution in [0.25, 0.3) is 22.5 Å². The number of aliphatic hydroxyl groups is 1. The quantitative estimate of drug-likeness (QED) is 0.0916. The number of likely N-dealkylation sites (tertiary alicyclic amines) is 1. The van der Waals surface area contributed by atoms with Crippen LogP contribution in [0.1, 0.15) is 65.8 Å². The Morgan fingerprint density at radius 2 is 1.62 bits per heavy atom. The molecular formula is C41H45F4N7O6. The van der Waals surface area contributed by atoms with Crippen molar-refractivity contribution in [2.24, 2.45) is 17.6 Å². The van der Waals surface area contributed by atoms with Crippen molar-refractivity contribution in [2.45, 2.75) is 75.8 Å². The van der Waals surface area contributed by atoms with Crippen LogP contribution >= 0.6 is 0 Å². The number of alkyl halides is 4. The number of aliphatic hydroxyl groups excluding tert-OH is 1. The molecule has 1 unspecified atom stereocenters. The molecule has 1 aliphatic heterocycles. The fourth-order valence-corrected chi connectivity index (χ4v) is 7.54. The van der Waals surface area contributed by atoms with Gasteiger partial charge in [0.1, 0.15) is 6.04 Å². The zero-order valence-electron chi connectivity index (χ0n) is 31.7. The number of nitrogens with one attached hydrogen (secondary N) is 3. The van der Waals surface area contributed by atoms with E-state index in [-0.39, 0.29) is 53.9 Å². The van der Waals surface area contributed by atoms with E-state index in [2.05, 4.69) is 25.8 Å². The van der Waals surface area contributed by atoms with Crippen LogP contribution in [0.5, 0.6) is 0 Å². The molecule has 58 heavy (non-hydrogen) atoms. The number of aliphatic carboxylic acids is 1. The molecule has 1 aliphatic carbocycles. The lowest BCUT2D eigenvalue weighted by molar-refractivity contribution is -0.231. The van der Waals surface area contributed by atoms with Gasteiger partial charge in [0.25, 0.3) is 5.91 Å². The summed E-state index contributed by atoms with van der Waals surface area (Å²) in [5.74, 6) is -16.6. The first-order valence-electron chi connectivity index (χ1n) is 19.1. The first kappa shape index (κ1) is 41.9. The average molecular weight is 808 g/mol. The zero-order chi connectivity index (χ0) is 41.8. The predicted octanol–water partition coefficient (Wildman–Crippen LogP) is 5.29. The van der Waals surface area contributed by atoms with E-state index in [1.54, 1.807) is 11.0 Å². The lowest BCUT2D eigenvalue weighted by Crippen LogP contribution is -2.48. The number of carbonyl (C=O) groups is 4. The smallest absolute Gasteiger partial charge is 0.411 e. The van der Waals surface area contributed by atoms with Gasteiger partial charge in [0.2, 0.25) is 17.6 Å². The standard InChI is InChI=1S/C41H45F4N7O6/c1-23-19-29(37(56)52-18-2-3-31(52)22-53)14-17-32(23)26-8-4-24(5-9-26)20-33(48-35(54)28-10-6-25(21-46)7-11-28)36(55)47-30-15-12-27(13-16-30)34-49-38(51-50-34)40(42,43)41(44,45)39(57)58/h4-5,8-9,12-17,19,25,28,31,33,53H,2-3,6-7,10-11,18,20-22,46H2,1H3,(H,47,55)(H,48,54)(H,57,58)(H,49,50,51)/t25-,28-,31-,33?/m0/s1. The van der Waals surface area contributed by atoms with E-state index in [1.165, 1.54) is 24.3 Å². The second-order valence-electron chi connectivity index (χ2n) is 15.0. The minimum atomic E-state index is -5.45. The second kappa shape index (κ2) is 17.4. The van der Waals surface area contributed by atoms with Crippen molar-refractivity contribution in [1.82, 2.24) is 25.4 Å². The Kier molecular flexibility index (Phi) is 12.6. The van der Waals surface area contributed by atoms with E-state index >= 15 is 0 Å². The Morgan fingerprint density at radius 3 is 2.24 bits per heavy atom.